The lowest BCUT2D eigenvalue weighted by atomic mass is 9.80. The molecule has 1 heterocycles. The van der Waals surface area contributed by atoms with Gasteiger partial charge >= 0.3 is 5.97 Å². The summed E-state index contributed by atoms with van der Waals surface area (Å²) in [4.78, 5) is 12.9. The van der Waals surface area contributed by atoms with Crippen LogP contribution in [-0.2, 0) is 4.74 Å². The topological polar surface area (TPSA) is 116 Å². The second-order valence-corrected chi connectivity index (χ2v) is 7.88. The average Bonchev–Trinajstić information content (AvgIpc) is 2.74. The fourth-order valence-corrected chi connectivity index (χ4v) is 3.66. The lowest BCUT2D eigenvalue weighted by molar-refractivity contribution is -0.0935. The summed E-state index contributed by atoms with van der Waals surface area (Å²) in [5.74, 6) is -6.63. The highest BCUT2D eigenvalue weighted by Gasteiger charge is 2.37. The maximum Gasteiger partial charge on any atom is 0.338 e. The summed E-state index contributed by atoms with van der Waals surface area (Å²) in [7, 11) is 0. The van der Waals surface area contributed by atoms with Crippen LogP contribution in [0.3, 0.4) is 0 Å². The van der Waals surface area contributed by atoms with E-state index in [4.69, 9.17) is 9.47 Å². The minimum atomic E-state index is -3.25. The highest BCUT2D eigenvalue weighted by molar-refractivity contribution is 5.92. The number of rotatable bonds is 4. The van der Waals surface area contributed by atoms with E-state index >= 15 is 0 Å². The van der Waals surface area contributed by atoms with Crippen molar-refractivity contribution >= 4 is 5.97 Å². The van der Waals surface area contributed by atoms with Crippen molar-refractivity contribution in [1.82, 2.24) is 0 Å². The number of hydrogen-bond acceptors (Lipinski definition) is 7. The van der Waals surface area contributed by atoms with Crippen molar-refractivity contribution < 1.29 is 43.5 Å². The minimum Gasteiger partial charge on any atom is -0.504 e. The van der Waals surface area contributed by atoms with E-state index in [0.29, 0.717) is 23.6 Å². The Balaban J connectivity index is 1.91. The van der Waals surface area contributed by atoms with E-state index in [1.807, 2.05) is 0 Å². The molecule has 0 bridgehead atoms. The summed E-state index contributed by atoms with van der Waals surface area (Å²) in [5.41, 5.74) is 0.960. The molecule has 4 rings (SSSR count). The van der Waals surface area contributed by atoms with Crippen LogP contribution >= 0.6 is 0 Å². The number of aromatic hydroxyl groups is 4. The zero-order chi connectivity index (χ0) is 24.1. The van der Waals surface area contributed by atoms with Crippen LogP contribution in [0.1, 0.15) is 46.8 Å². The van der Waals surface area contributed by atoms with Crippen molar-refractivity contribution in [3.8, 4) is 34.5 Å². The predicted molar refractivity (Wildman–Crippen MR) is 113 cm³/mol. The molecule has 1 aliphatic heterocycles. The van der Waals surface area contributed by atoms with Crippen molar-refractivity contribution in [2.45, 2.75) is 31.8 Å². The number of carbonyl (C=O) groups excluding carboxylic acids is 1. The Morgan fingerprint density at radius 2 is 1.39 bits per heavy atom. The van der Waals surface area contributed by atoms with Crippen molar-refractivity contribution in [1.29, 1.82) is 0 Å². The van der Waals surface area contributed by atoms with E-state index in [1.165, 1.54) is 30.3 Å². The number of ether oxygens (including phenoxy) is 2. The predicted octanol–water partition coefficient (Wildman–Crippen LogP) is 5.00. The molecule has 3 aromatic rings. The summed E-state index contributed by atoms with van der Waals surface area (Å²) in [5, 5.41) is 40.1. The second-order valence-electron chi connectivity index (χ2n) is 7.88. The average molecular weight is 458 g/mol. The van der Waals surface area contributed by atoms with E-state index in [0.717, 1.165) is 6.92 Å². The molecule has 0 saturated carbocycles. The maximum absolute atomic E-state index is 13.6. The number of hydrogen-bond donors (Lipinski definition) is 4. The van der Waals surface area contributed by atoms with Gasteiger partial charge < -0.3 is 29.9 Å². The van der Waals surface area contributed by atoms with Gasteiger partial charge in [-0.2, -0.15) is 0 Å². The number of esters is 1. The fraction of sp³-hybridized carbons (Fsp3) is 0.208. The molecule has 0 amide bonds. The van der Waals surface area contributed by atoms with Crippen LogP contribution in [-0.4, -0.2) is 38.4 Å². The highest BCUT2D eigenvalue weighted by Crippen LogP contribution is 2.52. The minimum absolute atomic E-state index is 0.0162. The van der Waals surface area contributed by atoms with Crippen LogP contribution in [0.15, 0.2) is 48.5 Å². The molecular formula is C24H20F2O7. The van der Waals surface area contributed by atoms with Crippen LogP contribution in [0.5, 0.6) is 34.5 Å². The number of alkyl halides is 2. The Morgan fingerprint density at radius 3 is 1.91 bits per heavy atom. The molecule has 0 saturated heterocycles. The quantitative estimate of drug-likeness (QED) is 0.251. The van der Waals surface area contributed by atoms with Gasteiger partial charge in [0.15, 0.2) is 29.1 Å². The number of phenols is 4. The first kappa shape index (κ1) is 22.2. The molecule has 1 aliphatic rings. The summed E-state index contributed by atoms with van der Waals surface area (Å²) < 4.78 is 38.0. The molecule has 0 spiro atoms. The van der Waals surface area contributed by atoms with Crippen molar-refractivity contribution in [2.24, 2.45) is 0 Å². The molecule has 172 valence electrons. The van der Waals surface area contributed by atoms with Crippen LogP contribution < -0.4 is 4.74 Å². The van der Waals surface area contributed by atoms with E-state index in [9.17, 15) is 34.0 Å². The lowest BCUT2D eigenvalue weighted by Crippen LogP contribution is -2.32. The first-order valence-corrected chi connectivity index (χ1v) is 9.94. The smallest absolute Gasteiger partial charge is 0.338 e. The van der Waals surface area contributed by atoms with Crippen LogP contribution in [0.2, 0.25) is 0 Å². The normalized spacial score (nSPS) is 14.1. The van der Waals surface area contributed by atoms with Gasteiger partial charge in [-0.25, -0.2) is 13.6 Å². The van der Waals surface area contributed by atoms with E-state index in [1.54, 1.807) is 18.2 Å². The van der Waals surface area contributed by atoms with Crippen molar-refractivity contribution in [3.05, 3.63) is 70.8 Å². The molecular weight excluding hydrogens is 438 g/mol. The van der Waals surface area contributed by atoms with Gasteiger partial charge in [-0.3, -0.25) is 0 Å². The second kappa shape index (κ2) is 7.84. The number of benzene rings is 3. The zero-order valence-corrected chi connectivity index (χ0v) is 17.5. The summed E-state index contributed by atoms with van der Waals surface area (Å²) in [6, 6.07) is 11.0. The van der Waals surface area contributed by atoms with Crippen LogP contribution in [0.4, 0.5) is 8.78 Å². The standard InChI is InChI=1S/C24H20F2O7/c1-11(24(2,25)26)32-23(31)13-6-4-3-5-12(13)22-14-7-16(27)18(29)9-20(14)33-21-10-19(30)17(28)8-15(21)22/h3-11,22,27-30H,1-2H3. The number of halogens is 2. The molecule has 3 aromatic carbocycles. The highest BCUT2D eigenvalue weighted by atomic mass is 19.3. The number of fused-ring (bicyclic) bond motifs is 2. The van der Waals surface area contributed by atoms with Gasteiger partial charge in [0.05, 0.1) is 5.56 Å². The SMILES string of the molecule is CC(OC(=O)c1ccccc1C1c2cc(O)c(O)cc2Oc2cc(O)c(O)cc21)C(C)(F)F. The Bertz CT molecular complexity index is 1190. The van der Waals surface area contributed by atoms with Gasteiger partial charge in [0.25, 0.3) is 5.92 Å². The van der Waals surface area contributed by atoms with Crippen LogP contribution in [0, 0.1) is 0 Å². The monoisotopic (exact) mass is 458 g/mol. The van der Waals surface area contributed by atoms with Gasteiger partial charge in [0, 0.05) is 36.1 Å². The Kier molecular flexibility index (Phi) is 5.27. The van der Waals surface area contributed by atoms with E-state index < -0.39 is 46.9 Å². The third-order valence-electron chi connectivity index (χ3n) is 5.55. The molecule has 0 radical (unpaired) electrons. The van der Waals surface area contributed by atoms with Gasteiger partial charge in [-0.1, -0.05) is 18.2 Å². The third kappa shape index (κ3) is 3.97. The lowest BCUT2D eigenvalue weighted by Gasteiger charge is -2.30. The zero-order valence-electron chi connectivity index (χ0n) is 17.5. The molecule has 7 nitrogen and oxygen atoms in total. The first-order chi connectivity index (χ1) is 15.5. The summed E-state index contributed by atoms with van der Waals surface area (Å²) in [6.07, 6.45) is -1.69. The molecule has 33 heavy (non-hydrogen) atoms. The van der Waals surface area contributed by atoms with Crippen LogP contribution in [0.25, 0.3) is 0 Å². The van der Waals surface area contributed by atoms with Crippen molar-refractivity contribution in [2.75, 3.05) is 0 Å². The van der Waals surface area contributed by atoms with Crippen molar-refractivity contribution in [3.63, 3.8) is 0 Å². The largest absolute Gasteiger partial charge is 0.504 e. The molecule has 4 N–H and O–H groups in total. The molecule has 1 unspecified atom stereocenters. The summed E-state index contributed by atoms with van der Waals surface area (Å²) >= 11 is 0. The van der Waals surface area contributed by atoms with Gasteiger partial charge in [-0.15, -0.1) is 0 Å². The number of carbonyl (C=O) groups is 1. The molecule has 9 heteroatoms. The molecule has 0 aliphatic carbocycles. The van der Waals surface area contributed by atoms with Gasteiger partial charge in [-0.05, 0) is 30.7 Å². The third-order valence-corrected chi connectivity index (χ3v) is 5.55. The Labute approximate surface area is 187 Å². The molecule has 0 aromatic heterocycles. The Morgan fingerprint density at radius 1 is 0.909 bits per heavy atom. The molecule has 0 fully saturated rings. The van der Waals surface area contributed by atoms with Gasteiger partial charge in [0.1, 0.15) is 11.5 Å². The molecule has 1 atom stereocenters. The first-order valence-electron chi connectivity index (χ1n) is 9.94. The fourth-order valence-electron chi connectivity index (χ4n) is 3.66. The van der Waals surface area contributed by atoms with E-state index in [-0.39, 0.29) is 17.1 Å². The number of phenolic OH excluding ortho intramolecular Hbond substituents is 4. The van der Waals surface area contributed by atoms with Gasteiger partial charge in [0.2, 0.25) is 0 Å². The summed E-state index contributed by atoms with van der Waals surface area (Å²) in [6.45, 7) is 1.73. The van der Waals surface area contributed by atoms with E-state index in [2.05, 4.69) is 0 Å². The Hall–Kier alpha value is -4.01. The maximum atomic E-state index is 13.6.